The first-order valence-corrected chi connectivity index (χ1v) is 13.9. The summed E-state index contributed by atoms with van der Waals surface area (Å²) in [5, 5.41) is 6.48. The number of nitrogens with zero attached hydrogens (tertiary/aromatic N) is 1. The first-order chi connectivity index (χ1) is 17.6. The molecule has 2 saturated carbocycles. The van der Waals surface area contributed by atoms with Crippen LogP contribution in [0.5, 0.6) is 0 Å². The van der Waals surface area contributed by atoms with E-state index in [0.717, 1.165) is 56.9 Å². The topological polar surface area (TPSA) is 87.7 Å². The minimum absolute atomic E-state index is 0.107. The van der Waals surface area contributed by atoms with Gasteiger partial charge in [-0.3, -0.25) is 14.4 Å². The lowest BCUT2D eigenvalue weighted by Crippen LogP contribution is -2.56. The number of ether oxygens (including phenoxy) is 1. The molecule has 0 aromatic heterocycles. The predicted molar refractivity (Wildman–Crippen MR) is 135 cm³/mol. The van der Waals surface area contributed by atoms with E-state index in [9.17, 15) is 14.4 Å². The maximum Gasteiger partial charge on any atom is 0.246 e. The number of rotatable bonds is 6. The predicted octanol–water partition coefficient (Wildman–Crippen LogP) is 3.24. The summed E-state index contributed by atoms with van der Waals surface area (Å²) in [6.07, 6.45) is 14.1. The SMILES string of the molecule is O=C(NC1CCCCC1)C1C2C=CC3(O2)C1C(=O)N(Cc1ccccc1)C3C(=O)NC1CCCCC1. The molecule has 1 spiro atoms. The van der Waals surface area contributed by atoms with Gasteiger partial charge in [0, 0.05) is 18.6 Å². The molecular weight excluding hydrogens is 454 g/mol. The molecule has 3 amide bonds. The molecule has 192 valence electrons. The standard InChI is InChI=1S/C29H37N3O4/c33-26(30-20-12-6-2-7-13-20)23-22-16-17-29(36-22)24(23)28(35)32(18-19-10-4-1-5-11-19)25(29)27(34)31-21-14-8-3-9-15-21/h1,4-5,10-11,16-17,20-25H,2-3,6-9,12-15,18H2,(H,30,33)(H,31,34). The Kier molecular flexibility index (Phi) is 6.36. The Balaban J connectivity index is 1.30. The van der Waals surface area contributed by atoms with Gasteiger partial charge in [0.2, 0.25) is 17.7 Å². The molecule has 2 aliphatic carbocycles. The monoisotopic (exact) mass is 491 g/mol. The van der Waals surface area contributed by atoms with Gasteiger partial charge in [0.15, 0.2) is 0 Å². The van der Waals surface area contributed by atoms with E-state index in [1.54, 1.807) is 4.90 Å². The summed E-state index contributed by atoms with van der Waals surface area (Å²) in [6.45, 7) is 0.319. The second-order valence-corrected chi connectivity index (χ2v) is 11.3. The van der Waals surface area contributed by atoms with E-state index in [-0.39, 0.29) is 29.8 Å². The highest BCUT2D eigenvalue weighted by atomic mass is 16.5. The molecular formula is C29H37N3O4. The van der Waals surface area contributed by atoms with E-state index in [2.05, 4.69) is 10.6 Å². The molecule has 0 radical (unpaired) electrons. The smallest absolute Gasteiger partial charge is 0.246 e. The molecule has 1 aromatic rings. The van der Waals surface area contributed by atoms with E-state index in [1.165, 1.54) is 12.8 Å². The molecule has 7 nitrogen and oxygen atoms in total. The van der Waals surface area contributed by atoms with Crippen LogP contribution in [0.2, 0.25) is 0 Å². The van der Waals surface area contributed by atoms with Crippen molar-refractivity contribution < 1.29 is 19.1 Å². The summed E-state index contributed by atoms with van der Waals surface area (Å²) < 4.78 is 6.47. The number of hydrogen-bond acceptors (Lipinski definition) is 4. The van der Waals surface area contributed by atoms with Crippen molar-refractivity contribution in [3.8, 4) is 0 Å². The summed E-state index contributed by atoms with van der Waals surface area (Å²) >= 11 is 0. The summed E-state index contributed by atoms with van der Waals surface area (Å²) in [7, 11) is 0. The molecule has 5 unspecified atom stereocenters. The van der Waals surface area contributed by atoms with Gasteiger partial charge in [-0.25, -0.2) is 0 Å². The number of amides is 3. The Hall–Kier alpha value is -2.67. The van der Waals surface area contributed by atoms with Crippen LogP contribution in [-0.2, 0) is 25.7 Å². The second kappa shape index (κ2) is 9.66. The zero-order chi connectivity index (χ0) is 24.7. The van der Waals surface area contributed by atoms with Crippen LogP contribution in [0.15, 0.2) is 42.5 Å². The lowest BCUT2D eigenvalue weighted by molar-refractivity contribution is -0.142. The van der Waals surface area contributed by atoms with E-state index in [1.807, 2.05) is 42.5 Å². The van der Waals surface area contributed by atoms with Crippen LogP contribution >= 0.6 is 0 Å². The Labute approximate surface area is 213 Å². The zero-order valence-corrected chi connectivity index (χ0v) is 20.9. The highest BCUT2D eigenvalue weighted by Gasteiger charge is 2.72. The molecule has 7 heteroatoms. The summed E-state index contributed by atoms with van der Waals surface area (Å²) in [5.74, 6) is -1.70. The fraction of sp³-hybridized carbons (Fsp3) is 0.621. The van der Waals surface area contributed by atoms with E-state index in [4.69, 9.17) is 4.74 Å². The Bertz CT molecular complexity index is 1030. The van der Waals surface area contributed by atoms with Crippen LogP contribution in [-0.4, -0.2) is 52.5 Å². The first kappa shape index (κ1) is 23.7. The Morgan fingerprint density at radius 2 is 1.50 bits per heavy atom. The number of likely N-dealkylation sites (tertiary alicyclic amines) is 1. The van der Waals surface area contributed by atoms with E-state index in [0.29, 0.717) is 6.54 Å². The highest BCUT2D eigenvalue weighted by molar-refractivity contribution is 6.00. The maximum atomic E-state index is 14.0. The van der Waals surface area contributed by atoms with Gasteiger partial charge in [-0.05, 0) is 31.2 Å². The molecule has 2 N–H and O–H groups in total. The fourth-order valence-corrected chi connectivity index (χ4v) is 7.29. The molecule has 5 aliphatic rings. The largest absolute Gasteiger partial charge is 0.359 e. The number of fused-ring (bicyclic) bond motifs is 1. The van der Waals surface area contributed by atoms with Crippen LogP contribution in [0.3, 0.4) is 0 Å². The van der Waals surface area contributed by atoms with E-state index < -0.39 is 29.6 Å². The molecule has 3 aliphatic heterocycles. The van der Waals surface area contributed by atoms with Gasteiger partial charge in [0.05, 0.1) is 17.9 Å². The number of carbonyl (C=O) groups is 3. The van der Waals surface area contributed by atoms with Crippen LogP contribution in [0.25, 0.3) is 0 Å². The van der Waals surface area contributed by atoms with Gasteiger partial charge in [0.25, 0.3) is 0 Å². The molecule has 5 atom stereocenters. The summed E-state index contributed by atoms with van der Waals surface area (Å²) in [6, 6.07) is 9.26. The maximum absolute atomic E-state index is 14.0. The van der Waals surface area contributed by atoms with Gasteiger partial charge < -0.3 is 20.3 Å². The quantitative estimate of drug-likeness (QED) is 0.598. The molecule has 36 heavy (non-hydrogen) atoms. The van der Waals surface area contributed by atoms with Gasteiger partial charge in [0.1, 0.15) is 11.6 Å². The lowest BCUT2D eigenvalue weighted by Gasteiger charge is -2.34. The summed E-state index contributed by atoms with van der Waals surface area (Å²) in [5.41, 5.74) is -0.136. The number of hydrogen-bond donors (Lipinski definition) is 2. The average molecular weight is 492 g/mol. The Morgan fingerprint density at radius 3 is 2.14 bits per heavy atom. The molecule has 2 bridgehead atoms. The zero-order valence-electron chi connectivity index (χ0n) is 20.9. The normalized spacial score (nSPS) is 34.1. The number of benzene rings is 1. The molecule has 3 heterocycles. The molecule has 6 rings (SSSR count). The second-order valence-electron chi connectivity index (χ2n) is 11.3. The molecule has 4 fully saturated rings. The third-order valence-electron chi connectivity index (χ3n) is 9.02. The minimum Gasteiger partial charge on any atom is -0.359 e. The van der Waals surface area contributed by atoms with Gasteiger partial charge in [-0.1, -0.05) is 81.0 Å². The van der Waals surface area contributed by atoms with Crippen molar-refractivity contribution in [2.45, 2.75) is 101 Å². The average Bonchev–Trinajstić information content (AvgIpc) is 3.53. The summed E-state index contributed by atoms with van der Waals surface area (Å²) in [4.78, 5) is 43.1. The van der Waals surface area contributed by atoms with Crippen molar-refractivity contribution in [2.75, 3.05) is 0 Å². The molecule has 2 saturated heterocycles. The van der Waals surface area contributed by atoms with Crippen LogP contribution in [0, 0.1) is 11.8 Å². The fourth-order valence-electron chi connectivity index (χ4n) is 7.29. The van der Waals surface area contributed by atoms with Crippen molar-refractivity contribution in [3.63, 3.8) is 0 Å². The van der Waals surface area contributed by atoms with Crippen molar-refractivity contribution in [1.82, 2.24) is 15.5 Å². The van der Waals surface area contributed by atoms with Gasteiger partial charge >= 0.3 is 0 Å². The number of nitrogens with one attached hydrogen (secondary N) is 2. The third-order valence-corrected chi connectivity index (χ3v) is 9.02. The molecule has 1 aromatic carbocycles. The number of carbonyl (C=O) groups excluding carboxylic acids is 3. The van der Waals surface area contributed by atoms with Gasteiger partial charge in [-0.2, -0.15) is 0 Å². The third kappa shape index (κ3) is 4.05. The van der Waals surface area contributed by atoms with Crippen LogP contribution in [0.1, 0.15) is 69.8 Å². The Morgan fingerprint density at radius 1 is 0.889 bits per heavy atom. The minimum atomic E-state index is -1.09. The highest BCUT2D eigenvalue weighted by Crippen LogP contribution is 2.55. The van der Waals surface area contributed by atoms with Crippen molar-refractivity contribution in [2.24, 2.45) is 11.8 Å². The van der Waals surface area contributed by atoms with Crippen molar-refractivity contribution >= 4 is 17.7 Å². The first-order valence-electron chi connectivity index (χ1n) is 13.9. The van der Waals surface area contributed by atoms with E-state index >= 15 is 0 Å². The van der Waals surface area contributed by atoms with Crippen molar-refractivity contribution in [3.05, 3.63) is 48.0 Å². The van der Waals surface area contributed by atoms with Gasteiger partial charge in [-0.15, -0.1) is 0 Å². The lowest BCUT2D eigenvalue weighted by atomic mass is 9.74. The van der Waals surface area contributed by atoms with Crippen LogP contribution < -0.4 is 10.6 Å². The van der Waals surface area contributed by atoms with Crippen molar-refractivity contribution in [1.29, 1.82) is 0 Å². The van der Waals surface area contributed by atoms with Crippen LogP contribution in [0.4, 0.5) is 0 Å².